The van der Waals surface area contributed by atoms with Gasteiger partial charge in [-0.1, -0.05) is 18.2 Å². The monoisotopic (exact) mass is 369 g/mol. The molecule has 0 saturated heterocycles. The minimum atomic E-state index is -0.618. The van der Waals surface area contributed by atoms with E-state index >= 15 is 0 Å². The van der Waals surface area contributed by atoms with E-state index < -0.39 is 11.7 Å². The van der Waals surface area contributed by atoms with Gasteiger partial charge in [0, 0.05) is 30.9 Å². The lowest BCUT2D eigenvalue weighted by molar-refractivity contribution is 0.0635. The largest absolute Gasteiger partial charge is 0.444 e. The SMILES string of the molecule is CNC(=O)c1ccc(C(=O)Cc2ccccc2NC(=O)OC(C)(C)C)cn1. The molecule has 0 unspecified atom stereocenters. The smallest absolute Gasteiger partial charge is 0.412 e. The summed E-state index contributed by atoms with van der Waals surface area (Å²) in [4.78, 5) is 40.1. The van der Waals surface area contributed by atoms with Gasteiger partial charge in [-0.2, -0.15) is 0 Å². The van der Waals surface area contributed by atoms with Crippen molar-refractivity contribution in [1.82, 2.24) is 10.3 Å². The maximum atomic E-state index is 12.5. The molecule has 142 valence electrons. The second kappa shape index (κ2) is 8.44. The number of nitrogens with one attached hydrogen (secondary N) is 2. The van der Waals surface area contributed by atoms with Crippen molar-refractivity contribution < 1.29 is 19.1 Å². The first kappa shape index (κ1) is 20.1. The molecule has 1 aromatic heterocycles. The Morgan fingerprint density at radius 2 is 1.78 bits per heavy atom. The van der Waals surface area contributed by atoms with Crippen molar-refractivity contribution in [2.45, 2.75) is 32.8 Å². The fourth-order valence-corrected chi connectivity index (χ4v) is 2.31. The molecule has 27 heavy (non-hydrogen) atoms. The standard InChI is InChI=1S/C20H23N3O4/c1-20(2,3)27-19(26)23-15-8-6-5-7-13(15)11-17(24)14-9-10-16(22-12-14)18(25)21-4/h5-10,12H,11H2,1-4H3,(H,21,25)(H,23,26). The second-order valence-corrected chi connectivity index (χ2v) is 6.90. The molecule has 7 heteroatoms. The number of pyridine rings is 1. The molecule has 7 nitrogen and oxygen atoms in total. The zero-order valence-electron chi connectivity index (χ0n) is 15.8. The lowest BCUT2D eigenvalue weighted by Gasteiger charge is -2.20. The molecule has 0 radical (unpaired) electrons. The van der Waals surface area contributed by atoms with Gasteiger partial charge in [0.05, 0.1) is 0 Å². The van der Waals surface area contributed by atoms with Gasteiger partial charge in [0.1, 0.15) is 11.3 Å². The molecule has 1 aromatic carbocycles. The van der Waals surface area contributed by atoms with Crippen LogP contribution < -0.4 is 10.6 Å². The summed E-state index contributed by atoms with van der Waals surface area (Å²) in [6.07, 6.45) is 0.864. The second-order valence-electron chi connectivity index (χ2n) is 6.90. The third-order valence-corrected chi connectivity index (χ3v) is 3.55. The molecular weight excluding hydrogens is 346 g/mol. The van der Waals surface area contributed by atoms with Gasteiger partial charge in [0.25, 0.3) is 5.91 Å². The molecule has 0 aliphatic carbocycles. The third kappa shape index (κ3) is 5.91. The molecular formula is C20H23N3O4. The first-order chi connectivity index (χ1) is 12.7. The van der Waals surface area contributed by atoms with Crippen LogP contribution in [-0.2, 0) is 11.2 Å². The Morgan fingerprint density at radius 1 is 1.07 bits per heavy atom. The van der Waals surface area contributed by atoms with E-state index in [4.69, 9.17) is 4.74 Å². The molecule has 0 spiro atoms. The number of amides is 2. The fraction of sp³-hybridized carbons (Fsp3) is 0.300. The van der Waals surface area contributed by atoms with Gasteiger partial charge in [0.2, 0.25) is 0 Å². The maximum Gasteiger partial charge on any atom is 0.412 e. The van der Waals surface area contributed by atoms with Gasteiger partial charge in [-0.15, -0.1) is 0 Å². The van der Waals surface area contributed by atoms with E-state index in [1.54, 1.807) is 51.1 Å². The number of ketones is 1. The highest BCUT2D eigenvalue weighted by atomic mass is 16.6. The number of aromatic nitrogens is 1. The van der Waals surface area contributed by atoms with Crippen molar-refractivity contribution >= 4 is 23.5 Å². The normalized spacial score (nSPS) is 10.8. The van der Waals surface area contributed by atoms with Gasteiger partial charge in [-0.3, -0.25) is 19.9 Å². The zero-order chi connectivity index (χ0) is 20.0. The topological polar surface area (TPSA) is 97.4 Å². The maximum absolute atomic E-state index is 12.5. The van der Waals surface area contributed by atoms with Gasteiger partial charge in [0.15, 0.2) is 5.78 Å². The highest BCUT2D eigenvalue weighted by molar-refractivity contribution is 5.99. The van der Waals surface area contributed by atoms with Crippen molar-refractivity contribution in [1.29, 1.82) is 0 Å². The Morgan fingerprint density at radius 3 is 2.37 bits per heavy atom. The molecule has 2 N–H and O–H groups in total. The van der Waals surface area contributed by atoms with E-state index in [1.165, 1.54) is 19.3 Å². The molecule has 2 rings (SSSR count). The number of carbonyl (C=O) groups is 3. The molecule has 0 bridgehead atoms. The van der Waals surface area contributed by atoms with E-state index in [0.717, 1.165) is 0 Å². The van der Waals surface area contributed by atoms with Crippen molar-refractivity contribution in [2.75, 3.05) is 12.4 Å². The molecule has 1 heterocycles. The van der Waals surface area contributed by atoms with E-state index in [0.29, 0.717) is 16.8 Å². The van der Waals surface area contributed by atoms with Gasteiger partial charge in [-0.25, -0.2) is 4.79 Å². The number of hydrogen-bond donors (Lipinski definition) is 2. The molecule has 0 atom stereocenters. The van der Waals surface area contributed by atoms with Gasteiger partial charge >= 0.3 is 6.09 Å². The summed E-state index contributed by atoms with van der Waals surface area (Å²) in [6, 6.07) is 10.1. The minimum Gasteiger partial charge on any atom is -0.444 e. The Hall–Kier alpha value is -3.22. The number of rotatable bonds is 5. The quantitative estimate of drug-likeness (QED) is 0.789. The lowest BCUT2D eigenvalue weighted by atomic mass is 10.0. The summed E-state index contributed by atoms with van der Waals surface area (Å²) in [5.74, 6) is -0.495. The number of benzene rings is 1. The average molecular weight is 369 g/mol. The van der Waals surface area contributed by atoms with E-state index in [2.05, 4.69) is 15.6 Å². The number of para-hydroxylation sites is 1. The van der Waals surface area contributed by atoms with Crippen LogP contribution in [0.3, 0.4) is 0 Å². The van der Waals surface area contributed by atoms with Crippen LogP contribution in [-0.4, -0.2) is 35.4 Å². The first-order valence-electron chi connectivity index (χ1n) is 8.49. The summed E-state index contributed by atoms with van der Waals surface area (Å²) in [6.45, 7) is 5.33. The van der Waals surface area contributed by atoms with E-state index in [1.807, 2.05) is 0 Å². The lowest BCUT2D eigenvalue weighted by Crippen LogP contribution is -2.27. The average Bonchev–Trinajstić information content (AvgIpc) is 2.61. The van der Waals surface area contributed by atoms with Crippen LogP contribution in [0.25, 0.3) is 0 Å². The Kier molecular flexibility index (Phi) is 6.28. The molecule has 0 aliphatic heterocycles. The Bertz CT molecular complexity index is 839. The number of ether oxygens (including phenoxy) is 1. The van der Waals surface area contributed by atoms with Crippen LogP contribution >= 0.6 is 0 Å². The summed E-state index contributed by atoms with van der Waals surface area (Å²) in [5, 5.41) is 5.15. The summed E-state index contributed by atoms with van der Waals surface area (Å²) in [5.41, 5.74) is 1.17. The van der Waals surface area contributed by atoms with Crippen LogP contribution in [0.4, 0.5) is 10.5 Å². The molecule has 2 amide bonds. The fourth-order valence-electron chi connectivity index (χ4n) is 2.31. The first-order valence-corrected chi connectivity index (χ1v) is 8.49. The van der Waals surface area contributed by atoms with Crippen molar-refractivity contribution in [2.24, 2.45) is 0 Å². The summed E-state index contributed by atoms with van der Waals surface area (Å²) >= 11 is 0. The molecule has 0 saturated carbocycles. The number of anilines is 1. The van der Waals surface area contributed by atoms with Crippen LogP contribution in [0.2, 0.25) is 0 Å². The predicted molar refractivity (Wildman–Crippen MR) is 102 cm³/mol. The van der Waals surface area contributed by atoms with Crippen molar-refractivity contribution in [3.63, 3.8) is 0 Å². The van der Waals surface area contributed by atoms with Gasteiger partial charge < -0.3 is 10.1 Å². The number of hydrogen-bond acceptors (Lipinski definition) is 5. The van der Waals surface area contributed by atoms with Crippen molar-refractivity contribution in [3.05, 3.63) is 59.4 Å². The Balaban J connectivity index is 2.12. The van der Waals surface area contributed by atoms with Crippen LogP contribution in [0, 0.1) is 0 Å². The Labute approximate surface area is 158 Å². The highest BCUT2D eigenvalue weighted by Gasteiger charge is 2.18. The number of nitrogens with zero attached hydrogens (tertiary/aromatic N) is 1. The third-order valence-electron chi connectivity index (χ3n) is 3.55. The minimum absolute atomic E-state index is 0.0764. The summed E-state index contributed by atoms with van der Waals surface area (Å²) in [7, 11) is 1.51. The predicted octanol–water partition coefficient (Wildman–Crippen LogP) is 3.21. The number of carbonyl (C=O) groups excluding carboxylic acids is 3. The highest BCUT2D eigenvalue weighted by Crippen LogP contribution is 2.19. The van der Waals surface area contributed by atoms with Crippen LogP contribution in [0.15, 0.2) is 42.6 Å². The van der Waals surface area contributed by atoms with E-state index in [-0.39, 0.29) is 23.8 Å². The molecule has 0 aliphatic rings. The van der Waals surface area contributed by atoms with Crippen LogP contribution in [0.5, 0.6) is 0 Å². The summed E-state index contributed by atoms with van der Waals surface area (Å²) < 4.78 is 5.25. The van der Waals surface area contributed by atoms with Crippen LogP contribution in [0.1, 0.15) is 47.2 Å². The molecule has 0 fully saturated rings. The zero-order valence-corrected chi connectivity index (χ0v) is 15.8. The van der Waals surface area contributed by atoms with Crippen molar-refractivity contribution in [3.8, 4) is 0 Å². The van der Waals surface area contributed by atoms with E-state index in [9.17, 15) is 14.4 Å². The molecule has 2 aromatic rings. The number of Topliss-reactive ketones (excluding diaryl/α,β-unsaturated/α-hetero) is 1. The van der Waals surface area contributed by atoms with Gasteiger partial charge in [-0.05, 0) is 44.5 Å².